The third-order valence-corrected chi connectivity index (χ3v) is 6.17. The van der Waals surface area contributed by atoms with Gasteiger partial charge < -0.3 is 14.2 Å². The Hall–Kier alpha value is -1.82. The van der Waals surface area contributed by atoms with Gasteiger partial charge in [-0.3, -0.25) is 14.5 Å². The first-order valence-corrected chi connectivity index (χ1v) is 9.42. The van der Waals surface area contributed by atoms with Crippen molar-refractivity contribution in [2.75, 3.05) is 33.2 Å². The summed E-state index contributed by atoms with van der Waals surface area (Å²) in [5, 5.41) is 0. The SMILES string of the molecule is CN1C(=O)[C@H]2CC[C@@H]1CN(C(=O)C1CCN(Cc3ccco3)CC1)C2. The van der Waals surface area contributed by atoms with E-state index in [0.29, 0.717) is 13.1 Å². The number of fused-ring (bicyclic) bond motifs is 4. The van der Waals surface area contributed by atoms with Gasteiger partial charge in [-0.25, -0.2) is 0 Å². The van der Waals surface area contributed by atoms with E-state index in [1.165, 1.54) is 0 Å². The van der Waals surface area contributed by atoms with Gasteiger partial charge in [-0.2, -0.15) is 0 Å². The number of hydrogen-bond donors (Lipinski definition) is 0. The highest BCUT2D eigenvalue weighted by Gasteiger charge is 2.41. The molecule has 25 heavy (non-hydrogen) atoms. The molecule has 1 aromatic rings. The molecular formula is C19H27N3O3. The highest BCUT2D eigenvalue weighted by molar-refractivity contribution is 5.84. The predicted molar refractivity (Wildman–Crippen MR) is 92.6 cm³/mol. The van der Waals surface area contributed by atoms with Crippen LogP contribution in [-0.4, -0.2) is 65.8 Å². The van der Waals surface area contributed by atoms with Crippen molar-refractivity contribution in [3.05, 3.63) is 24.2 Å². The summed E-state index contributed by atoms with van der Waals surface area (Å²) in [4.78, 5) is 31.5. The molecule has 0 aromatic carbocycles. The van der Waals surface area contributed by atoms with Crippen LogP contribution < -0.4 is 0 Å². The van der Waals surface area contributed by atoms with E-state index in [9.17, 15) is 9.59 Å². The van der Waals surface area contributed by atoms with E-state index < -0.39 is 0 Å². The average Bonchev–Trinajstić information content (AvgIpc) is 2.99. The van der Waals surface area contributed by atoms with Gasteiger partial charge in [0, 0.05) is 32.1 Å². The zero-order valence-electron chi connectivity index (χ0n) is 14.9. The minimum Gasteiger partial charge on any atom is -0.468 e. The van der Waals surface area contributed by atoms with Gasteiger partial charge in [0.25, 0.3) is 0 Å². The molecule has 6 heteroatoms. The number of hydrogen-bond acceptors (Lipinski definition) is 4. The van der Waals surface area contributed by atoms with Gasteiger partial charge in [0.1, 0.15) is 5.76 Å². The average molecular weight is 345 g/mol. The van der Waals surface area contributed by atoms with Crippen molar-refractivity contribution in [1.29, 1.82) is 0 Å². The molecule has 2 amide bonds. The van der Waals surface area contributed by atoms with Crippen LogP contribution in [0.1, 0.15) is 31.4 Å². The first kappa shape index (κ1) is 16.6. The Labute approximate surface area is 148 Å². The Kier molecular flexibility index (Phi) is 4.54. The van der Waals surface area contributed by atoms with Gasteiger partial charge in [0.15, 0.2) is 0 Å². The standard InChI is InChI=1S/C19H27N3O3/c1-20-16-5-4-15(18(20)23)11-22(12-16)19(24)14-6-8-21(9-7-14)13-17-3-2-10-25-17/h2-3,10,14-16H,4-9,11-13H2,1H3/t15-,16+/m0/s1. The Balaban J connectivity index is 1.34. The van der Waals surface area contributed by atoms with E-state index in [0.717, 1.165) is 51.1 Å². The van der Waals surface area contributed by atoms with Gasteiger partial charge in [-0.15, -0.1) is 0 Å². The fourth-order valence-corrected chi connectivity index (χ4v) is 4.56. The second-order valence-electron chi connectivity index (χ2n) is 7.75. The summed E-state index contributed by atoms with van der Waals surface area (Å²) in [7, 11) is 1.89. The van der Waals surface area contributed by atoms with Crippen molar-refractivity contribution in [2.24, 2.45) is 11.8 Å². The van der Waals surface area contributed by atoms with Crippen LogP contribution >= 0.6 is 0 Å². The molecule has 5 rings (SSSR count). The maximum absolute atomic E-state index is 13.0. The number of piperidine rings is 2. The van der Waals surface area contributed by atoms with Crippen LogP contribution in [0.2, 0.25) is 0 Å². The molecule has 136 valence electrons. The van der Waals surface area contributed by atoms with E-state index in [2.05, 4.69) is 4.90 Å². The Morgan fingerprint density at radius 2 is 2.00 bits per heavy atom. The van der Waals surface area contributed by atoms with Crippen molar-refractivity contribution >= 4 is 11.8 Å². The lowest BCUT2D eigenvalue weighted by molar-refractivity contribution is -0.138. The van der Waals surface area contributed by atoms with Crippen LogP contribution in [0.4, 0.5) is 0 Å². The second kappa shape index (κ2) is 6.83. The minimum absolute atomic E-state index is 0.00624. The quantitative estimate of drug-likeness (QED) is 0.834. The molecule has 0 N–H and O–H groups in total. The highest BCUT2D eigenvalue weighted by atomic mass is 16.3. The maximum Gasteiger partial charge on any atom is 0.227 e. The van der Waals surface area contributed by atoms with Crippen molar-refractivity contribution in [1.82, 2.24) is 14.7 Å². The molecule has 4 saturated heterocycles. The lowest BCUT2D eigenvalue weighted by Crippen LogP contribution is -2.46. The van der Waals surface area contributed by atoms with Crippen LogP contribution in [-0.2, 0) is 16.1 Å². The number of rotatable bonds is 3. The fraction of sp³-hybridized carbons (Fsp3) is 0.684. The van der Waals surface area contributed by atoms with Crippen LogP contribution in [0.3, 0.4) is 0 Å². The zero-order chi connectivity index (χ0) is 17.4. The summed E-state index contributed by atoms with van der Waals surface area (Å²) in [6.07, 6.45) is 5.46. The number of likely N-dealkylation sites (tertiary alicyclic amines) is 1. The first-order chi connectivity index (χ1) is 12.1. The number of nitrogens with zero attached hydrogens (tertiary/aromatic N) is 3. The van der Waals surface area contributed by atoms with Crippen LogP contribution in [0.25, 0.3) is 0 Å². The number of carbonyl (C=O) groups is 2. The molecule has 2 bridgehead atoms. The largest absolute Gasteiger partial charge is 0.468 e. The number of likely N-dealkylation sites (N-methyl/N-ethyl adjacent to an activating group) is 1. The number of furan rings is 1. The van der Waals surface area contributed by atoms with Crippen LogP contribution in [0.15, 0.2) is 22.8 Å². The summed E-state index contributed by atoms with van der Waals surface area (Å²) in [6, 6.07) is 4.12. The lowest BCUT2D eigenvalue weighted by atomic mass is 9.94. The Morgan fingerprint density at radius 1 is 1.20 bits per heavy atom. The van der Waals surface area contributed by atoms with E-state index >= 15 is 0 Å². The number of amides is 2. The molecule has 2 atom stereocenters. The molecular weight excluding hydrogens is 318 g/mol. The molecule has 1 aromatic heterocycles. The molecule has 0 saturated carbocycles. The molecule has 0 unspecified atom stereocenters. The second-order valence-corrected chi connectivity index (χ2v) is 7.75. The molecule has 0 spiro atoms. The topological polar surface area (TPSA) is 57.0 Å². The monoisotopic (exact) mass is 345 g/mol. The van der Waals surface area contributed by atoms with Crippen molar-refractivity contribution in [3.63, 3.8) is 0 Å². The molecule has 4 aliphatic heterocycles. The van der Waals surface area contributed by atoms with E-state index in [-0.39, 0.29) is 29.7 Å². The van der Waals surface area contributed by atoms with E-state index in [1.54, 1.807) is 6.26 Å². The van der Waals surface area contributed by atoms with E-state index in [1.807, 2.05) is 29.0 Å². The van der Waals surface area contributed by atoms with Gasteiger partial charge in [-0.05, 0) is 50.9 Å². The van der Waals surface area contributed by atoms with Gasteiger partial charge in [-0.1, -0.05) is 0 Å². The fourth-order valence-electron chi connectivity index (χ4n) is 4.56. The van der Waals surface area contributed by atoms with Gasteiger partial charge in [0.2, 0.25) is 11.8 Å². The Bertz CT molecular complexity index is 622. The zero-order valence-corrected chi connectivity index (χ0v) is 14.9. The molecule has 6 nitrogen and oxygen atoms in total. The summed E-state index contributed by atoms with van der Waals surface area (Å²) < 4.78 is 5.42. The maximum atomic E-state index is 13.0. The summed E-state index contributed by atoms with van der Waals surface area (Å²) in [5.41, 5.74) is 0. The summed E-state index contributed by atoms with van der Waals surface area (Å²) in [6.45, 7) is 4.00. The summed E-state index contributed by atoms with van der Waals surface area (Å²) in [5.74, 6) is 1.57. The Morgan fingerprint density at radius 3 is 2.72 bits per heavy atom. The minimum atomic E-state index is 0.00624. The molecule has 0 aliphatic carbocycles. The lowest BCUT2D eigenvalue weighted by Gasteiger charge is -2.34. The van der Waals surface area contributed by atoms with Crippen molar-refractivity contribution < 1.29 is 14.0 Å². The van der Waals surface area contributed by atoms with Crippen molar-refractivity contribution in [2.45, 2.75) is 38.3 Å². The highest BCUT2D eigenvalue weighted by Crippen LogP contribution is 2.30. The van der Waals surface area contributed by atoms with Crippen molar-refractivity contribution in [3.8, 4) is 0 Å². The van der Waals surface area contributed by atoms with Crippen LogP contribution in [0, 0.1) is 11.8 Å². The molecule has 0 radical (unpaired) electrons. The predicted octanol–water partition coefficient (Wildman–Crippen LogP) is 1.57. The first-order valence-electron chi connectivity index (χ1n) is 9.42. The van der Waals surface area contributed by atoms with E-state index in [4.69, 9.17) is 4.42 Å². The molecule has 4 fully saturated rings. The van der Waals surface area contributed by atoms with Gasteiger partial charge >= 0.3 is 0 Å². The third kappa shape index (κ3) is 3.32. The normalized spacial score (nSPS) is 28.4. The summed E-state index contributed by atoms with van der Waals surface area (Å²) >= 11 is 0. The molecule has 4 aliphatic rings. The van der Waals surface area contributed by atoms with Crippen LogP contribution in [0.5, 0.6) is 0 Å². The smallest absolute Gasteiger partial charge is 0.227 e. The van der Waals surface area contributed by atoms with Gasteiger partial charge in [0.05, 0.1) is 18.7 Å². The third-order valence-electron chi connectivity index (χ3n) is 6.17. The number of carbonyl (C=O) groups excluding carboxylic acids is 2. The molecule has 5 heterocycles.